The maximum absolute atomic E-state index is 11.7. The normalized spacial score (nSPS) is 11.2. The third-order valence-corrected chi connectivity index (χ3v) is 3.10. The third kappa shape index (κ3) is 5.96. The van der Waals surface area contributed by atoms with Crippen LogP contribution in [-0.4, -0.2) is 16.8 Å². The summed E-state index contributed by atoms with van der Waals surface area (Å²) in [5.41, 5.74) is 1.37. The van der Waals surface area contributed by atoms with Crippen LogP contribution in [0.1, 0.15) is 37.9 Å². The molecular formula is C18H24N2O4. The van der Waals surface area contributed by atoms with Crippen molar-refractivity contribution in [2.75, 3.05) is 5.32 Å². The molecule has 0 bridgehead atoms. The number of rotatable bonds is 6. The highest BCUT2D eigenvalue weighted by atomic mass is 16.6. The third-order valence-electron chi connectivity index (χ3n) is 3.10. The number of alkyl carbamates (subject to hydrolysis) is 1. The van der Waals surface area contributed by atoms with Crippen LogP contribution in [0.3, 0.4) is 0 Å². The van der Waals surface area contributed by atoms with E-state index in [9.17, 15) is 4.79 Å². The molecule has 0 aliphatic heterocycles. The molecule has 1 amide bonds. The standard InChI is InChI=1S/C18H24N2O4/c1-18(2,3)24-17(22)20-10-13-5-4-6-14(9-13)19-11-15-7-8-16(12-21)23-15/h4-9,19,21H,10-12H2,1-3H3,(H,20,22). The van der Waals surface area contributed by atoms with Gasteiger partial charge in [-0.25, -0.2) is 4.79 Å². The van der Waals surface area contributed by atoms with Gasteiger partial charge in [-0.1, -0.05) is 12.1 Å². The quantitative estimate of drug-likeness (QED) is 0.755. The molecule has 0 saturated carbocycles. The number of carbonyl (C=O) groups excluding carboxylic acids is 1. The lowest BCUT2D eigenvalue weighted by Crippen LogP contribution is -2.32. The predicted octanol–water partition coefficient (Wildman–Crippen LogP) is 3.41. The number of ether oxygens (including phenoxy) is 1. The monoisotopic (exact) mass is 332 g/mol. The molecule has 1 aromatic heterocycles. The Morgan fingerprint density at radius 2 is 1.92 bits per heavy atom. The van der Waals surface area contributed by atoms with E-state index in [2.05, 4.69) is 10.6 Å². The zero-order valence-electron chi connectivity index (χ0n) is 14.3. The van der Waals surface area contributed by atoms with Crippen LogP contribution in [0.15, 0.2) is 40.8 Å². The summed E-state index contributed by atoms with van der Waals surface area (Å²) in [5, 5.41) is 15.0. The second-order valence-electron chi connectivity index (χ2n) is 6.44. The van der Waals surface area contributed by atoms with Crippen LogP contribution < -0.4 is 10.6 Å². The highest BCUT2D eigenvalue weighted by Gasteiger charge is 2.15. The average molecular weight is 332 g/mol. The minimum absolute atomic E-state index is 0.105. The smallest absolute Gasteiger partial charge is 0.407 e. The van der Waals surface area contributed by atoms with Gasteiger partial charge in [-0.05, 0) is 50.6 Å². The fourth-order valence-corrected chi connectivity index (χ4v) is 2.07. The average Bonchev–Trinajstić information content (AvgIpc) is 2.98. The van der Waals surface area contributed by atoms with Gasteiger partial charge in [0.1, 0.15) is 23.7 Å². The summed E-state index contributed by atoms with van der Waals surface area (Å²) in [4.78, 5) is 11.7. The predicted molar refractivity (Wildman–Crippen MR) is 91.5 cm³/mol. The molecule has 3 N–H and O–H groups in total. The number of nitrogens with one attached hydrogen (secondary N) is 2. The number of anilines is 1. The molecule has 0 radical (unpaired) electrons. The van der Waals surface area contributed by atoms with E-state index in [0.717, 1.165) is 17.0 Å². The Balaban J connectivity index is 1.85. The number of aliphatic hydroxyl groups is 1. The maximum atomic E-state index is 11.7. The Morgan fingerprint density at radius 1 is 1.17 bits per heavy atom. The zero-order valence-corrected chi connectivity index (χ0v) is 14.3. The summed E-state index contributed by atoms with van der Waals surface area (Å²) < 4.78 is 10.6. The van der Waals surface area contributed by atoms with Crippen molar-refractivity contribution in [3.8, 4) is 0 Å². The van der Waals surface area contributed by atoms with Crippen LogP contribution >= 0.6 is 0 Å². The Hall–Kier alpha value is -2.47. The Morgan fingerprint density at radius 3 is 2.58 bits per heavy atom. The number of amides is 1. The Bertz CT molecular complexity index is 674. The van der Waals surface area contributed by atoms with Gasteiger partial charge in [0.25, 0.3) is 0 Å². The van der Waals surface area contributed by atoms with Gasteiger partial charge >= 0.3 is 6.09 Å². The fraction of sp³-hybridized carbons (Fsp3) is 0.389. The molecular weight excluding hydrogens is 308 g/mol. The molecule has 130 valence electrons. The molecule has 0 aliphatic rings. The van der Waals surface area contributed by atoms with Crippen molar-refractivity contribution >= 4 is 11.8 Å². The van der Waals surface area contributed by atoms with Crippen LogP contribution in [0.4, 0.5) is 10.5 Å². The molecule has 2 aromatic rings. The highest BCUT2D eigenvalue weighted by molar-refractivity contribution is 5.67. The van der Waals surface area contributed by atoms with Gasteiger partial charge in [0.05, 0.1) is 6.54 Å². The summed E-state index contributed by atoms with van der Waals surface area (Å²) in [6.45, 7) is 6.28. The van der Waals surface area contributed by atoms with Gasteiger partial charge in [-0.2, -0.15) is 0 Å². The van der Waals surface area contributed by atoms with Gasteiger partial charge in [0, 0.05) is 12.2 Å². The second-order valence-corrected chi connectivity index (χ2v) is 6.44. The van der Waals surface area contributed by atoms with Crippen molar-refractivity contribution in [3.63, 3.8) is 0 Å². The van der Waals surface area contributed by atoms with E-state index < -0.39 is 11.7 Å². The van der Waals surface area contributed by atoms with Gasteiger partial charge < -0.3 is 24.9 Å². The molecule has 0 fully saturated rings. The number of hydrogen-bond donors (Lipinski definition) is 3. The van der Waals surface area contributed by atoms with Crippen molar-refractivity contribution in [2.24, 2.45) is 0 Å². The molecule has 0 aliphatic carbocycles. The SMILES string of the molecule is CC(C)(C)OC(=O)NCc1cccc(NCc2ccc(CO)o2)c1. The molecule has 2 rings (SSSR count). The summed E-state index contributed by atoms with van der Waals surface area (Å²) >= 11 is 0. The van der Waals surface area contributed by atoms with Crippen molar-refractivity contribution in [1.82, 2.24) is 5.32 Å². The van der Waals surface area contributed by atoms with Crippen LogP contribution in [0, 0.1) is 0 Å². The number of furan rings is 1. The van der Waals surface area contributed by atoms with E-state index in [1.807, 2.05) is 51.1 Å². The molecule has 6 nitrogen and oxygen atoms in total. The first kappa shape index (κ1) is 17.9. The largest absolute Gasteiger partial charge is 0.462 e. The van der Waals surface area contributed by atoms with Crippen LogP contribution in [0.25, 0.3) is 0 Å². The Kier molecular flexibility index (Phi) is 5.87. The van der Waals surface area contributed by atoms with Crippen molar-refractivity contribution in [3.05, 3.63) is 53.5 Å². The summed E-state index contributed by atoms with van der Waals surface area (Å²) in [6, 6.07) is 11.3. The summed E-state index contributed by atoms with van der Waals surface area (Å²) in [6.07, 6.45) is -0.437. The minimum Gasteiger partial charge on any atom is -0.462 e. The van der Waals surface area contributed by atoms with E-state index in [0.29, 0.717) is 18.8 Å². The maximum Gasteiger partial charge on any atom is 0.407 e. The van der Waals surface area contributed by atoms with Gasteiger partial charge in [0.15, 0.2) is 0 Å². The van der Waals surface area contributed by atoms with Gasteiger partial charge in [-0.15, -0.1) is 0 Å². The first-order valence-corrected chi connectivity index (χ1v) is 7.84. The van der Waals surface area contributed by atoms with E-state index in [1.54, 1.807) is 6.07 Å². The summed E-state index contributed by atoms with van der Waals surface area (Å²) in [5.74, 6) is 1.29. The van der Waals surface area contributed by atoms with Gasteiger partial charge in [0.2, 0.25) is 0 Å². The highest BCUT2D eigenvalue weighted by Crippen LogP contribution is 2.14. The molecule has 0 atom stereocenters. The molecule has 0 unspecified atom stereocenters. The first-order chi connectivity index (χ1) is 11.4. The van der Waals surface area contributed by atoms with E-state index in [1.165, 1.54) is 0 Å². The molecule has 1 heterocycles. The lowest BCUT2D eigenvalue weighted by atomic mass is 10.2. The number of hydrogen-bond acceptors (Lipinski definition) is 5. The number of benzene rings is 1. The van der Waals surface area contributed by atoms with E-state index >= 15 is 0 Å². The minimum atomic E-state index is -0.510. The Labute approximate surface area is 141 Å². The van der Waals surface area contributed by atoms with Crippen LogP contribution in [-0.2, 0) is 24.4 Å². The van der Waals surface area contributed by atoms with E-state index in [4.69, 9.17) is 14.3 Å². The molecule has 6 heteroatoms. The molecule has 24 heavy (non-hydrogen) atoms. The van der Waals surface area contributed by atoms with Crippen LogP contribution in [0.2, 0.25) is 0 Å². The molecule has 1 aromatic carbocycles. The number of carbonyl (C=O) groups is 1. The van der Waals surface area contributed by atoms with Crippen molar-refractivity contribution < 1.29 is 19.1 Å². The second kappa shape index (κ2) is 7.88. The molecule has 0 saturated heterocycles. The lowest BCUT2D eigenvalue weighted by Gasteiger charge is -2.19. The lowest BCUT2D eigenvalue weighted by molar-refractivity contribution is 0.0523. The molecule has 0 spiro atoms. The van der Waals surface area contributed by atoms with Crippen molar-refractivity contribution in [1.29, 1.82) is 0 Å². The fourth-order valence-electron chi connectivity index (χ4n) is 2.07. The summed E-state index contributed by atoms with van der Waals surface area (Å²) in [7, 11) is 0. The van der Waals surface area contributed by atoms with Gasteiger partial charge in [-0.3, -0.25) is 0 Å². The number of aliphatic hydroxyl groups excluding tert-OH is 1. The topological polar surface area (TPSA) is 83.7 Å². The van der Waals surface area contributed by atoms with E-state index in [-0.39, 0.29) is 6.61 Å². The van der Waals surface area contributed by atoms with Crippen LogP contribution in [0.5, 0.6) is 0 Å². The zero-order chi connectivity index (χ0) is 17.6. The van der Waals surface area contributed by atoms with Crippen molar-refractivity contribution in [2.45, 2.75) is 46.1 Å². The first-order valence-electron chi connectivity index (χ1n) is 7.84.